The van der Waals surface area contributed by atoms with E-state index in [2.05, 4.69) is 11.9 Å². The molecule has 4 rings (SSSR count). The molecule has 2 aliphatic heterocycles. The van der Waals surface area contributed by atoms with Gasteiger partial charge in [-0.2, -0.15) is 0 Å². The number of benzene rings is 1. The highest BCUT2D eigenvalue weighted by Gasteiger charge is 2.49. The number of hydrogen-bond acceptors (Lipinski definition) is 7. The first-order valence-electron chi connectivity index (χ1n) is 13.3. The second kappa shape index (κ2) is 12.6. The number of unbranched alkanes of at least 4 members (excludes halogenated alkanes) is 2. The maximum absolute atomic E-state index is 13.4. The van der Waals surface area contributed by atoms with Crippen LogP contribution in [0.4, 0.5) is 4.79 Å². The number of aromatic nitrogens is 1. The third-order valence-electron chi connectivity index (χ3n) is 7.03. The zero-order chi connectivity index (χ0) is 27.1. The highest BCUT2D eigenvalue weighted by atomic mass is 16.6. The van der Waals surface area contributed by atoms with Gasteiger partial charge >= 0.3 is 6.09 Å². The van der Waals surface area contributed by atoms with Gasteiger partial charge in [0.1, 0.15) is 11.5 Å². The number of ketones is 1. The number of likely N-dealkylation sites (tertiary alicyclic amines) is 2. The van der Waals surface area contributed by atoms with Crippen LogP contribution in [-0.4, -0.2) is 70.0 Å². The van der Waals surface area contributed by atoms with Crippen molar-refractivity contribution in [2.24, 2.45) is 0 Å². The minimum Gasteiger partial charge on any atom is -0.507 e. The molecule has 0 aliphatic carbocycles. The van der Waals surface area contributed by atoms with Gasteiger partial charge in [0.25, 0.3) is 11.7 Å². The Morgan fingerprint density at radius 1 is 1.03 bits per heavy atom. The van der Waals surface area contributed by atoms with Gasteiger partial charge in [0.2, 0.25) is 0 Å². The van der Waals surface area contributed by atoms with Crippen LogP contribution in [0.1, 0.15) is 63.1 Å². The van der Waals surface area contributed by atoms with Crippen LogP contribution in [0.5, 0.6) is 5.75 Å². The maximum Gasteiger partial charge on any atom is 0.409 e. The van der Waals surface area contributed by atoms with Crippen molar-refractivity contribution in [2.75, 3.05) is 26.3 Å². The summed E-state index contributed by atoms with van der Waals surface area (Å²) in [6.07, 6.45) is 6.98. The monoisotopic (exact) mass is 521 g/mol. The van der Waals surface area contributed by atoms with Crippen LogP contribution in [0.25, 0.3) is 5.76 Å². The summed E-state index contributed by atoms with van der Waals surface area (Å²) in [6, 6.07) is 9.35. The number of piperidine rings is 1. The molecule has 38 heavy (non-hydrogen) atoms. The number of carbonyl (C=O) groups is 3. The lowest BCUT2D eigenvalue weighted by Gasteiger charge is -2.38. The molecule has 3 heterocycles. The normalized spacial score (nSPS) is 19.6. The molecule has 2 aromatic rings. The van der Waals surface area contributed by atoms with Gasteiger partial charge < -0.3 is 24.4 Å². The van der Waals surface area contributed by atoms with Crippen molar-refractivity contribution in [3.05, 3.63) is 65.5 Å². The van der Waals surface area contributed by atoms with Crippen molar-refractivity contribution >= 4 is 23.5 Å². The number of ether oxygens (including phenoxy) is 2. The number of carbonyl (C=O) groups excluding carboxylic acids is 3. The lowest BCUT2D eigenvalue weighted by atomic mass is 9.94. The van der Waals surface area contributed by atoms with Gasteiger partial charge in [-0.3, -0.25) is 14.6 Å². The number of hydrogen-bond donors (Lipinski definition) is 1. The lowest BCUT2D eigenvalue weighted by molar-refractivity contribution is -0.142. The first kappa shape index (κ1) is 27.2. The minimum atomic E-state index is -0.762. The molecule has 1 N–H and O–H groups in total. The highest BCUT2D eigenvalue weighted by Crippen LogP contribution is 2.42. The summed E-state index contributed by atoms with van der Waals surface area (Å²) in [7, 11) is 0. The van der Waals surface area contributed by atoms with Crippen molar-refractivity contribution in [3.63, 3.8) is 0 Å². The lowest BCUT2D eigenvalue weighted by Crippen LogP contribution is -2.48. The predicted octanol–water partition coefficient (Wildman–Crippen LogP) is 4.69. The SMILES string of the molecule is CCCCCOc1ccc(/C(O)=C2\C(=O)C(=O)N(C3CCN(C(=O)OCC)CC3)C2c2ccncc2)cc1. The fraction of sp³-hybridized carbons (Fsp3) is 0.448. The van der Waals surface area contributed by atoms with E-state index >= 15 is 0 Å². The van der Waals surface area contributed by atoms with Gasteiger partial charge in [0.05, 0.1) is 24.8 Å². The van der Waals surface area contributed by atoms with Crippen molar-refractivity contribution in [2.45, 2.75) is 58.0 Å². The highest BCUT2D eigenvalue weighted by molar-refractivity contribution is 6.46. The Labute approximate surface area is 223 Å². The zero-order valence-corrected chi connectivity index (χ0v) is 22.0. The Morgan fingerprint density at radius 3 is 2.34 bits per heavy atom. The molecule has 2 aliphatic rings. The van der Waals surface area contributed by atoms with E-state index in [0.717, 1.165) is 19.3 Å². The summed E-state index contributed by atoms with van der Waals surface area (Å²) in [5.74, 6) is -0.929. The zero-order valence-electron chi connectivity index (χ0n) is 22.0. The molecule has 1 aromatic carbocycles. The van der Waals surface area contributed by atoms with Crippen LogP contribution < -0.4 is 4.74 Å². The summed E-state index contributed by atoms with van der Waals surface area (Å²) in [4.78, 5) is 46.1. The van der Waals surface area contributed by atoms with Gasteiger partial charge in [-0.1, -0.05) is 19.8 Å². The Bertz CT molecular complexity index is 1160. The fourth-order valence-corrected chi connectivity index (χ4v) is 5.05. The van der Waals surface area contributed by atoms with Crippen LogP contribution in [0.15, 0.2) is 54.4 Å². The van der Waals surface area contributed by atoms with Crippen molar-refractivity contribution in [3.8, 4) is 5.75 Å². The van der Waals surface area contributed by atoms with Gasteiger partial charge in [0, 0.05) is 37.1 Å². The third kappa shape index (κ3) is 5.82. The predicted molar refractivity (Wildman–Crippen MR) is 141 cm³/mol. The number of aliphatic hydroxyl groups excluding tert-OH is 1. The maximum atomic E-state index is 13.4. The van der Waals surface area contributed by atoms with Crippen LogP contribution in [0.2, 0.25) is 0 Å². The molecule has 2 fully saturated rings. The Hall–Kier alpha value is -3.88. The molecular weight excluding hydrogens is 486 g/mol. The van der Waals surface area contributed by atoms with E-state index in [1.807, 2.05) is 0 Å². The van der Waals surface area contributed by atoms with Gasteiger partial charge in [-0.15, -0.1) is 0 Å². The molecule has 0 bridgehead atoms. The van der Waals surface area contributed by atoms with Gasteiger partial charge in [0.15, 0.2) is 0 Å². The molecule has 202 valence electrons. The summed E-state index contributed by atoms with van der Waals surface area (Å²) in [6.45, 7) is 5.62. The average molecular weight is 522 g/mol. The van der Waals surface area contributed by atoms with Gasteiger partial charge in [-0.05, 0) is 68.1 Å². The molecule has 9 nitrogen and oxygen atoms in total. The molecule has 2 saturated heterocycles. The second-order valence-electron chi connectivity index (χ2n) is 9.48. The summed E-state index contributed by atoms with van der Waals surface area (Å²) < 4.78 is 10.9. The standard InChI is InChI=1S/C29H35N3O6/c1-3-5-6-19-38-23-9-7-21(8-10-23)26(33)24-25(20-11-15-30-16-12-20)32(28(35)27(24)34)22-13-17-31(18-14-22)29(36)37-4-2/h7-12,15-16,22,25,33H,3-6,13-14,17-19H2,1-2H3/b26-24+. The summed E-state index contributed by atoms with van der Waals surface area (Å²) >= 11 is 0. The second-order valence-corrected chi connectivity index (χ2v) is 9.48. The van der Waals surface area contributed by atoms with Crippen LogP contribution in [0.3, 0.4) is 0 Å². The fourth-order valence-electron chi connectivity index (χ4n) is 5.05. The van der Waals surface area contributed by atoms with Crippen molar-refractivity contribution in [1.29, 1.82) is 0 Å². The van der Waals surface area contributed by atoms with Crippen molar-refractivity contribution < 1.29 is 29.0 Å². The third-order valence-corrected chi connectivity index (χ3v) is 7.03. The number of amides is 2. The quantitative estimate of drug-likeness (QED) is 0.221. The largest absolute Gasteiger partial charge is 0.507 e. The van der Waals surface area contributed by atoms with E-state index in [-0.39, 0.29) is 23.5 Å². The smallest absolute Gasteiger partial charge is 0.409 e. The molecule has 0 radical (unpaired) electrons. The summed E-state index contributed by atoms with van der Waals surface area (Å²) in [5.41, 5.74) is 1.16. The van der Waals surface area contributed by atoms with E-state index < -0.39 is 17.7 Å². The number of pyridine rings is 1. The molecular formula is C29H35N3O6. The van der Waals surface area contributed by atoms with Crippen LogP contribution >= 0.6 is 0 Å². The van der Waals surface area contributed by atoms with E-state index in [1.54, 1.807) is 65.5 Å². The Morgan fingerprint density at radius 2 is 1.71 bits per heavy atom. The van der Waals surface area contributed by atoms with E-state index in [1.165, 1.54) is 0 Å². The van der Waals surface area contributed by atoms with Crippen LogP contribution in [0, 0.1) is 0 Å². The van der Waals surface area contributed by atoms with E-state index in [4.69, 9.17) is 9.47 Å². The molecule has 9 heteroatoms. The van der Waals surface area contributed by atoms with Crippen molar-refractivity contribution in [1.82, 2.24) is 14.8 Å². The van der Waals surface area contributed by atoms with E-state index in [0.29, 0.717) is 56.0 Å². The Kier molecular flexibility index (Phi) is 8.99. The van der Waals surface area contributed by atoms with E-state index in [9.17, 15) is 19.5 Å². The Balaban J connectivity index is 1.62. The average Bonchev–Trinajstić information content (AvgIpc) is 3.21. The first-order chi connectivity index (χ1) is 18.5. The molecule has 1 aromatic heterocycles. The number of nitrogens with zero attached hydrogens (tertiary/aromatic N) is 3. The number of Topliss-reactive ketones (excluding diaryl/α,β-unsaturated/α-hetero) is 1. The molecule has 1 unspecified atom stereocenters. The molecule has 1 atom stereocenters. The van der Waals surface area contributed by atoms with Crippen LogP contribution in [-0.2, 0) is 14.3 Å². The molecule has 2 amide bonds. The number of rotatable bonds is 9. The summed E-state index contributed by atoms with van der Waals surface area (Å²) in [5, 5.41) is 11.3. The topological polar surface area (TPSA) is 109 Å². The molecule has 0 saturated carbocycles. The number of aliphatic hydroxyl groups is 1. The molecule has 0 spiro atoms. The minimum absolute atomic E-state index is 0.0469. The van der Waals surface area contributed by atoms with Gasteiger partial charge in [-0.25, -0.2) is 4.79 Å². The first-order valence-corrected chi connectivity index (χ1v) is 13.3.